The van der Waals surface area contributed by atoms with Gasteiger partial charge in [-0.15, -0.1) is 0 Å². The van der Waals surface area contributed by atoms with Gasteiger partial charge in [0.05, 0.1) is 6.61 Å². The topological polar surface area (TPSA) is 70.4 Å². The predicted octanol–water partition coefficient (Wildman–Crippen LogP) is 2.08. The van der Waals surface area contributed by atoms with Crippen LogP contribution >= 0.6 is 0 Å². The van der Waals surface area contributed by atoms with Crippen molar-refractivity contribution in [1.29, 1.82) is 0 Å². The number of carbonyl (C=O) groups is 1. The van der Waals surface area contributed by atoms with E-state index in [4.69, 9.17) is 5.11 Å². The maximum absolute atomic E-state index is 12.3. The minimum absolute atomic E-state index is 0.0166. The molecule has 2 N–H and O–H groups in total. The molecule has 3 rings (SSSR count). The molecule has 2 aromatic rings. The number of benzene rings is 1. The van der Waals surface area contributed by atoms with Gasteiger partial charge in [-0.3, -0.25) is 0 Å². The van der Waals surface area contributed by atoms with Crippen LogP contribution in [0, 0.1) is 0 Å². The van der Waals surface area contributed by atoms with E-state index in [1.807, 2.05) is 42.1 Å². The highest BCUT2D eigenvalue weighted by atomic mass is 16.3. The Morgan fingerprint density at radius 3 is 2.95 bits per heavy atom. The molecule has 0 atom stereocenters. The minimum atomic E-state index is -0.159. The highest BCUT2D eigenvalue weighted by Gasteiger charge is 2.32. The Kier molecular flexibility index (Phi) is 4.11. The largest absolute Gasteiger partial charge is 0.395 e. The number of nitrogens with one attached hydrogen (secondary N) is 1. The van der Waals surface area contributed by atoms with Gasteiger partial charge in [0.1, 0.15) is 5.82 Å². The molecule has 1 aliphatic carbocycles. The normalized spacial score (nSPS) is 13.9. The lowest BCUT2D eigenvalue weighted by Gasteiger charge is -2.21. The van der Waals surface area contributed by atoms with Crippen LogP contribution in [0.25, 0.3) is 11.4 Å². The van der Waals surface area contributed by atoms with Crippen LogP contribution in [0.15, 0.2) is 36.7 Å². The van der Waals surface area contributed by atoms with Gasteiger partial charge in [-0.05, 0) is 25.0 Å². The summed E-state index contributed by atoms with van der Waals surface area (Å²) in [6.45, 7) is 0.354. The molecule has 1 aliphatic rings. The van der Waals surface area contributed by atoms with Gasteiger partial charge >= 0.3 is 6.03 Å². The van der Waals surface area contributed by atoms with Crippen molar-refractivity contribution in [3.63, 3.8) is 0 Å². The number of amides is 2. The van der Waals surface area contributed by atoms with Gasteiger partial charge < -0.3 is 19.9 Å². The molecule has 1 fully saturated rings. The number of urea groups is 1. The molecule has 6 nitrogen and oxygen atoms in total. The van der Waals surface area contributed by atoms with E-state index in [0.29, 0.717) is 6.54 Å². The van der Waals surface area contributed by atoms with Gasteiger partial charge in [0, 0.05) is 43.3 Å². The van der Waals surface area contributed by atoms with E-state index in [1.54, 1.807) is 11.1 Å². The summed E-state index contributed by atoms with van der Waals surface area (Å²) in [4.78, 5) is 18.3. The predicted molar refractivity (Wildman–Crippen MR) is 84.5 cm³/mol. The van der Waals surface area contributed by atoms with Gasteiger partial charge in [-0.1, -0.05) is 12.1 Å². The number of imidazole rings is 1. The Balaban J connectivity index is 1.75. The molecular formula is C16H20N4O2. The van der Waals surface area contributed by atoms with E-state index in [9.17, 15) is 4.79 Å². The van der Waals surface area contributed by atoms with Gasteiger partial charge in [0.15, 0.2) is 0 Å². The van der Waals surface area contributed by atoms with Crippen molar-refractivity contribution in [3.05, 3.63) is 36.7 Å². The second kappa shape index (κ2) is 6.19. The van der Waals surface area contributed by atoms with E-state index in [1.165, 1.54) is 0 Å². The van der Waals surface area contributed by atoms with Gasteiger partial charge in [0.2, 0.25) is 0 Å². The molecular weight excluding hydrogens is 280 g/mol. The first-order valence-electron chi connectivity index (χ1n) is 7.45. The number of hydrogen-bond donors (Lipinski definition) is 2. The smallest absolute Gasteiger partial charge is 0.322 e. The molecule has 0 aliphatic heterocycles. The fourth-order valence-corrected chi connectivity index (χ4v) is 2.52. The quantitative estimate of drug-likeness (QED) is 0.888. The summed E-state index contributed by atoms with van der Waals surface area (Å²) in [5, 5.41) is 12.0. The van der Waals surface area contributed by atoms with Crippen LogP contribution in [0.2, 0.25) is 0 Å². The van der Waals surface area contributed by atoms with E-state index in [2.05, 4.69) is 10.3 Å². The molecule has 0 saturated heterocycles. The summed E-state index contributed by atoms with van der Waals surface area (Å²) in [6.07, 6.45) is 5.66. The molecule has 0 radical (unpaired) electrons. The third kappa shape index (κ3) is 3.12. The molecule has 22 heavy (non-hydrogen) atoms. The number of aliphatic hydroxyl groups excluding tert-OH is 1. The highest BCUT2D eigenvalue weighted by molar-refractivity contribution is 5.90. The van der Waals surface area contributed by atoms with E-state index >= 15 is 0 Å². The fraction of sp³-hybridized carbons (Fsp3) is 0.375. The average Bonchev–Trinajstić information content (AvgIpc) is 3.26. The van der Waals surface area contributed by atoms with Crippen molar-refractivity contribution in [2.45, 2.75) is 18.9 Å². The number of aliphatic hydroxyl groups is 1. The Morgan fingerprint density at radius 1 is 1.50 bits per heavy atom. The third-order valence-corrected chi connectivity index (χ3v) is 3.78. The van der Waals surface area contributed by atoms with Gasteiger partial charge in [-0.25, -0.2) is 9.78 Å². The number of carbonyl (C=O) groups excluding carboxylic acids is 1. The first-order valence-corrected chi connectivity index (χ1v) is 7.45. The first-order chi connectivity index (χ1) is 10.7. The van der Waals surface area contributed by atoms with Crippen LogP contribution in [0.1, 0.15) is 12.8 Å². The molecule has 116 valence electrons. The zero-order chi connectivity index (χ0) is 15.5. The molecule has 1 heterocycles. The lowest BCUT2D eigenvalue weighted by molar-refractivity contribution is 0.185. The molecule has 0 unspecified atom stereocenters. The number of nitrogens with zero attached hydrogens (tertiary/aromatic N) is 3. The standard InChI is InChI=1S/C16H20N4O2/c1-19-8-7-17-15(19)12-3-2-4-13(11-12)18-16(22)20(9-10-21)14-5-6-14/h2-4,7-8,11,14,21H,5-6,9-10H2,1H3,(H,18,22). The van der Waals surface area contributed by atoms with Crippen LogP contribution in [-0.4, -0.2) is 44.8 Å². The van der Waals surface area contributed by atoms with Crippen LogP contribution in [0.4, 0.5) is 10.5 Å². The fourth-order valence-electron chi connectivity index (χ4n) is 2.52. The summed E-state index contributed by atoms with van der Waals surface area (Å²) in [6, 6.07) is 7.73. The molecule has 1 aromatic carbocycles. The number of rotatable bonds is 5. The maximum atomic E-state index is 12.3. The van der Waals surface area contributed by atoms with E-state index < -0.39 is 0 Å². The van der Waals surface area contributed by atoms with Crippen LogP contribution in [0.3, 0.4) is 0 Å². The summed E-state index contributed by atoms with van der Waals surface area (Å²) in [5.74, 6) is 0.852. The Bertz CT molecular complexity index is 664. The van der Waals surface area contributed by atoms with Crippen molar-refractivity contribution < 1.29 is 9.90 Å². The zero-order valence-electron chi connectivity index (χ0n) is 12.6. The number of hydrogen-bond acceptors (Lipinski definition) is 3. The number of aryl methyl sites for hydroxylation is 1. The zero-order valence-corrected chi connectivity index (χ0v) is 12.6. The molecule has 2 amide bonds. The van der Waals surface area contributed by atoms with Gasteiger partial charge in [0.25, 0.3) is 0 Å². The molecule has 1 aromatic heterocycles. The Labute approximate surface area is 129 Å². The van der Waals surface area contributed by atoms with Crippen LogP contribution < -0.4 is 5.32 Å². The maximum Gasteiger partial charge on any atom is 0.322 e. The molecule has 1 saturated carbocycles. The monoisotopic (exact) mass is 300 g/mol. The summed E-state index contributed by atoms with van der Waals surface area (Å²) in [7, 11) is 1.93. The molecule has 0 spiro atoms. The lowest BCUT2D eigenvalue weighted by Crippen LogP contribution is -2.38. The first kappa shape index (κ1) is 14.6. The highest BCUT2D eigenvalue weighted by Crippen LogP contribution is 2.27. The van der Waals surface area contributed by atoms with Crippen LogP contribution in [0.5, 0.6) is 0 Å². The summed E-state index contributed by atoms with van der Waals surface area (Å²) in [5.41, 5.74) is 1.68. The van der Waals surface area contributed by atoms with Gasteiger partial charge in [-0.2, -0.15) is 0 Å². The van der Waals surface area contributed by atoms with E-state index in [-0.39, 0.29) is 18.7 Å². The Hall–Kier alpha value is -2.34. The lowest BCUT2D eigenvalue weighted by atomic mass is 10.2. The second-order valence-electron chi connectivity index (χ2n) is 5.52. The summed E-state index contributed by atoms with van der Waals surface area (Å²) < 4.78 is 1.93. The SMILES string of the molecule is Cn1ccnc1-c1cccc(NC(=O)N(CCO)C2CC2)c1. The molecule has 6 heteroatoms. The van der Waals surface area contributed by atoms with Crippen LogP contribution in [-0.2, 0) is 7.05 Å². The number of anilines is 1. The van der Waals surface area contributed by atoms with Crippen molar-refractivity contribution in [2.75, 3.05) is 18.5 Å². The molecule has 0 bridgehead atoms. The average molecular weight is 300 g/mol. The van der Waals surface area contributed by atoms with Crippen molar-refractivity contribution in [1.82, 2.24) is 14.5 Å². The number of aromatic nitrogens is 2. The third-order valence-electron chi connectivity index (χ3n) is 3.78. The minimum Gasteiger partial charge on any atom is -0.395 e. The second-order valence-corrected chi connectivity index (χ2v) is 5.52. The van der Waals surface area contributed by atoms with E-state index in [0.717, 1.165) is 29.9 Å². The Morgan fingerprint density at radius 2 is 2.32 bits per heavy atom. The van der Waals surface area contributed by atoms with Crippen molar-refractivity contribution >= 4 is 11.7 Å². The summed E-state index contributed by atoms with van der Waals surface area (Å²) >= 11 is 0. The van der Waals surface area contributed by atoms with Crippen molar-refractivity contribution in [3.8, 4) is 11.4 Å². The van der Waals surface area contributed by atoms with Crippen molar-refractivity contribution in [2.24, 2.45) is 7.05 Å².